The van der Waals surface area contributed by atoms with Crippen molar-refractivity contribution in [2.45, 2.75) is 51.7 Å². The van der Waals surface area contributed by atoms with Crippen LogP contribution < -0.4 is 10.1 Å². The molecule has 160 valence electrons. The molecule has 8 heteroatoms. The second-order valence-electron chi connectivity index (χ2n) is 7.46. The molecule has 1 aromatic carbocycles. The molecule has 0 atom stereocenters. The highest BCUT2D eigenvalue weighted by atomic mass is 32.2. The van der Waals surface area contributed by atoms with Crippen molar-refractivity contribution in [2.75, 3.05) is 17.7 Å². The Balaban J connectivity index is 1.67. The van der Waals surface area contributed by atoms with Gasteiger partial charge in [-0.3, -0.25) is 9.36 Å². The van der Waals surface area contributed by atoms with Crippen molar-refractivity contribution in [2.24, 2.45) is 0 Å². The molecule has 3 rings (SSSR count). The van der Waals surface area contributed by atoms with E-state index in [9.17, 15) is 4.79 Å². The molecular weight excluding hydrogens is 416 g/mol. The first-order valence-electron chi connectivity index (χ1n) is 10.1. The summed E-state index contributed by atoms with van der Waals surface area (Å²) in [6.07, 6.45) is 0. The summed E-state index contributed by atoms with van der Waals surface area (Å²) in [5.74, 6) is 2.30. The van der Waals surface area contributed by atoms with Gasteiger partial charge in [0.25, 0.3) is 0 Å². The fourth-order valence-electron chi connectivity index (χ4n) is 2.94. The van der Waals surface area contributed by atoms with Crippen molar-refractivity contribution >= 4 is 34.7 Å². The van der Waals surface area contributed by atoms with Crippen molar-refractivity contribution in [1.29, 1.82) is 0 Å². The molecule has 3 aromatic rings. The third-order valence-corrected chi connectivity index (χ3v) is 6.59. The molecule has 0 bridgehead atoms. The minimum absolute atomic E-state index is 0.0818. The first kappa shape index (κ1) is 22.4. The summed E-state index contributed by atoms with van der Waals surface area (Å²) < 4.78 is 7.52. The lowest BCUT2D eigenvalue weighted by Gasteiger charge is -2.13. The number of hydrogen-bond acceptors (Lipinski definition) is 6. The molecule has 0 fully saturated rings. The number of thiophene rings is 1. The van der Waals surface area contributed by atoms with Gasteiger partial charge in [-0.1, -0.05) is 25.6 Å². The number of carbonyl (C=O) groups excluding carboxylic acids is 1. The van der Waals surface area contributed by atoms with Gasteiger partial charge in [0, 0.05) is 27.5 Å². The van der Waals surface area contributed by atoms with E-state index in [1.165, 1.54) is 16.6 Å². The zero-order valence-corrected chi connectivity index (χ0v) is 19.6. The van der Waals surface area contributed by atoms with Crippen LogP contribution in [0, 0.1) is 0 Å². The fraction of sp³-hybridized carbons (Fsp3) is 0.409. The minimum Gasteiger partial charge on any atom is -0.494 e. The van der Waals surface area contributed by atoms with Gasteiger partial charge in [0.15, 0.2) is 11.0 Å². The lowest BCUT2D eigenvalue weighted by atomic mass is 10.1. The smallest absolute Gasteiger partial charge is 0.234 e. The van der Waals surface area contributed by atoms with Gasteiger partial charge >= 0.3 is 0 Å². The quantitative estimate of drug-likeness (QED) is 0.420. The summed E-state index contributed by atoms with van der Waals surface area (Å²) in [4.78, 5) is 13.7. The molecule has 6 nitrogen and oxygen atoms in total. The number of thioether (sulfide) groups is 1. The number of aromatic nitrogens is 3. The second-order valence-corrected chi connectivity index (χ2v) is 9.34. The molecule has 0 aliphatic rings. The third-order valence-electron chi connectivity index (χ3n) is 4.41. The molecule has 1 N–H and O–H groups in total. The van der Waals surface area contributed by atoms with Crippen LogP contribution in [-0.2, 0) is 4.79 Å². The van der Waals surface area contributed by atoms with Crippen LogP contribution in [0.1, 0.15) is 51.5 Å². The number of rotatable bonds is 9. The maximum Gasteiger partial charge on any atom is 0.234 e. The molecule has 2 heterocycles. The standard InChI is InChI=1S/C22H28N4O2S2/c1-6-28-18-9-7-17(8-10-18)23-20(27)13-30-22-25-24-21(26(22)15(4)5)16-11-19(14(2)3)29-12-16/h7-12,14-15H,6,13H2,1-5H3,(H,23,27). The van der Waals surface area contributed by atoms with Crippen molar-refractivity contribution < 1.29 is 9.53 Å². The van der Waals surface area contributed by atoms with E-state index in [4.69, 9.17) is 4.74 Å². The summed E-state index contributed by atoms with van der Waals surface area (Å²) in [6, 6.07) is 9.75. The van der Waals surface area contributed by atoms with Crippen LogP contribution >= 0.6 is 23.1 Å². The van der Waals surface area contributed by atoms with Gasteiger partial charge in [-0.05, 0) is 57.0 Å². The molecule has 1 amide bonds. The minimum atomic E-state index is -0.0818. The Morgan fingerprint density at radius 2 is 1.93 bits per heavy atom. The van der Waals surface area contributed by atoms with E-state index in [-0.39, 0.29) is 17.7 Å². The second kappa shape index (κ2) is 10.1. The summed E-state index contributed by atoms with van der Waals surface area (Å²) in [7, 11) is 0. The largest absolute Gasteiger partial charge is 0.494 e. The zero-order chi connectivity index (χ0) is 21.7. The van der Waals surface area contributed by atoms with Crippen LogP contribution in [0.15, 0.2) is 40.9 Å². The first-order valence-corrected chi connectivity index (χ1v) is 11.9. The van der Waals surface area contributed by atoms with E-state index < -0.39 is 0 Å². The number of benzene rings is 1. The average Bonchev–Trinajstić information content (AvgIpc) is 3.35. The highest BCUT2D eigenvalue weighted by Crippen LogP contribution is 2.32. The van der Waals surface area contributed by atoms with E-state index in [1.807, 2.05) is 31.2 Å². The van der Waals surface area contributed by atoms with Crippen molar-refractivity contribution in [1.82, 2.24) is 14.8 Å². The van der Waals surface area contributed by atoms with Crippen LogP contribution in [0.2, 0.25) is 0 Å². The number of nitrogens with one attached hydrogen (secondary N) is 1. The molecule has 30 heavy (non-hydrogen) atoms. The summed E-state index contributed by atoms with van der Waals surface area (Å²) in [6.45, 7) is 11.1. The van der Waals surface area contributed by atoms with Crippen molar-refractivity contribution in [3.8, 4) is 17.1 Å². The zero-order valence-electron chi connectivity index (χ0n) is 18.0. The Bertz CT molecular complexity index is 977. The van der Waals surface area contributed by atoms with E-state index in [0.717, 1.165) is 28.0 Å². The highest BCUT2D eigenvalue weighted by Gasteiger charge is 2.19. The maximum atomic E-state index is 12.4. The van der Waals surface area contributed by atoms with Crippen molar-refractivity contribution in [3.63, 3.8) is 0 Å². The van der Waals surface area contributed by atoms with Gasteiger partial charge in [-0.15, -0.1) is 21.5 Å². The molecule has 0 saturated heterocycles. The topological polar surface area (TPSA) is 69.0 Å². The van der Waals surface area contributed by atoms with Crippen LogP contribution in [0.4, 0.5) is 5.69 Å². The number of ether oxygens (including phenoxy) is 1. The molecule has 0 radical (unpaired) electrons. The van der Waals surface area contributed by atoms with Gasteiger partial charge < -0.3 is 10.1 Å². The Labute approximate surface area is 186 Å². The van der Waals surface area contributed by atoms with E-state index in [0.29, 0.717) is 12.5 Å². The average molecular weight is 445 g/mol. The maximum absolute atomic E-state index is 12.4. The van der Waals surface area contributed by atoms with Crippen molar-refractivity contribution in [3.05, 3.63) is 40.6 Å². The molecule has 0 unspecified atom stereocenters. The van der Waals surface area contributed by atoms with Gasteiger partial charge in [-0.25, -0.2) is 0 Å². The number of anilines is 1. The SMILES string of the molecule is CCOc1ccc(NC(=O)CSc2nnc(-c3csc(C(C)C)c3)n2C(C)C)cc1. The Hall–Kier alpha value is -2.32. The molecule has 0 aliphatic carbocycles. The lowest BCUT2D eigenvalue weighted by Crippen LogP contribution is -2.15. The number of hydrogen-bond donors (Lipinski definition) is 1. The van der Waals surface area contributed by atoms with Gasteiger partial charge in [-0.2, -0.15) is 0 Å². The predicted octanol–water partition coefficient (Wildman–Crippen LogP) is 5.84. The third kappa shape index (κ3) is 5.43. The normalized spacial score (nSPS) is 11.3. The monoisotopic (exact) mass is 444 g/mol. The highest BCUT2D eigenvalue weighted by molar-refractivity contribution is 7.99. The summed E-state index contributed by atoms with van der Waals surface area (Å²) in [5, 5.41) is 14.6. The van der Waals surface area contributed by atoms with Crippen LogP contribution in [0.25, 0.3) is 11.4 Å². The summed E-state index contributed by atoms with van der Waals surface area (Å²) >= 11 is 3.14. The van der Waals surface area contributed by atoms with Gasteiger partial charge in [0.2, 0.25) is 5.91 Å². The van der Waals surface area contributed by atoms with E-state index in [2.05, 4.69) is 59.2 Å². The van der Waals surface area contributed by atoms with E-state index >= 15 is 0 Å². The Morgan fingerprint density at radius 1 is 1.20 bits per heavy atom. The van der Waals surface area contributed by atoms with Gasteiger partial charge in [0.1, 0.15) is 5.75 Å². The van der Waals surface area contributed by atoms with E-state index in [1.54, 1.807) is 11.3 Å². The molecular formula is C22H28N4O2S2. The number of nitrogens with zero attached hydrogens (tertiary/aromatic N) is 3. The predicted molar refractivity (Wildman–Crippen MR) is 125 cm³/mol. The summed E-state index contributed by atoms with van der Waals surface area (Å²) in [5.41, 5.74) is 1.82. The molecule has 0 saturated carbocycles. The number of carbonyl (C=O) groups is 1. The fourth-order valence-corrected chi connectivity index (χ4v) is 4.71. The van der Waals surface area contributed by atoms with Crippen LogP contribution in [-0.4, -0.2) is 33.0 Å². The van der Waals surface area contributed by atoms with Gasteiger partial charge in [0.05, 0.1) is 12.4 Å². The number of amides is 1. The molecule has 0 aliphatic heterocycles. The molecule has 0 spiro atoms. The molecule has 2 aromatic heterocycles. The van der Waals surface area contributed by atoms with Crippen LogP contribution in [0.5, 0.6) is 5.75 Å². The lowest BCUT2D eigenvalue weighted by molar-refractivity contribution is -0.113. The Kier molecular flexibility index (Phi) is 7.55. The Morgan fingerprint density at radius 3 is 2.53 bits per heavy atom. The first-order chi connectivity index (χ1) is 14.4. The van der Waals surface area contributed by atoms with Crippen LogP contribution in [0.3, 0.4) is 0 Å².